The van der Waals surface area contributed by atoms with Crippen molar-refractivity contribution in [2.45, 2.75) is 101 Å². The molecular formula is C46H55ClN8O8S. The zero-order valence-electron chi connectivity index (χ0n) is 36.8. The normalized spacial score (nSPS) is 15.0. The van der Waals surface area contributed by atoms with Crippen LogP contribution >= 0.6 is 11.6 Å². The Balaban J connectivity index is 0.913. The Kier molecular flexibility index (Phi) is 15.6. The summed E-state index contributed by atoms with van der Waals surface area (Å²) in [6.45, 7) is 6.37. The van der Waals surface area contributed by atoms with Gasteiger partial charge in [-0.15, -0.1) is 0 Å². The number of nitrogens with zero attached hydrogens (tertiary/aromatic N) is 4. The second-order valence-corrected chi connectivity index (χ2v) is 19.1. The summed E-state index contributed by atoms with van der Waals surface area (Å²) in [5.41, 5.74) is 4.02. The quantitative estimate of drug-likeness (QED) is 0.0476. The number of imide groups is 2. The van der Waals surface area contributed by atoms with Crippen LogP contribution in [0.5, 0.6) is 5.75 Å². The monoisotopic (exact) mass is 914 g/mol. The standard InChI is InChI=1S/C46H55ClN8O8S/c1-28(2)64(61,62)38-18-12-11-16-33(38)50-42-32(47)27-49-46(53-42)51-35-25-29(3)30(26-37(35)63-5)22-24-54(4)40(57)19-10-8-6-7-9-13-23-48-34-17-14-15-31-41(34)45(60)55(44(31)59)36-20-21-39(56)52-43(36)58/h11-12,14-18,25-28,36,48H,6-10,13,19-24H2,1-5H3,(H,52,56,58)(H2,49,50,51,53). The van der Waals surface area contributed by atoms with Gasteiger partial charge in [0.1, 0.15) is 16.8 Å². The number of nitrogens with one attached hydrogen (secondary N) is 4. The Morgan fingerprint density at radius 2 is 1.67 bits per heavy atom. The van der Waals surface area contributed by atoms with E-state index in [4.69, 9.17) is 16.3 Å². The number of hydrogen-bond donors (Lipinski definition) is 4. The maximum absolute atomic E-state index is 13.3. The molecule has 64 heavy (non-hydrogen) atoms. The number of fused-ring (bicyclic) bond motifs is 1. The first kappa shape index (κ1) is 47.4. The Morgan fingerprint density at radius 1 is 0.953 bits per heavy atom. The van der Waals surface area contributed by atoms with Crippen LogP contribution in [-0.2, 0) is 30.6 Å². The minimum absolute atomic E-state index is 0.0673. The number of anilines is 5. The summed E-state index contributed by atoms with van der Waals surface area (Å²) in [5, 5.41) is 11.4. The van der Waals surface area contributed by atoms with Gasteiger partial charge in [0, 0.05) is 38.7 Å². The molecule has 16 nitrogen and oxygen atoms in total. The van der Waals surface area contributed by atoms with E-state index in [1.165, 1.54) is 6.20 Å². The molecule has 5 amide bonds. The number of carbonyl (C=O) groups is 5. The number of halogens is 1. The lowest BCUT2D eigenvalue weighted by Crippen LogP contribution is -2.54. The van der Waals surface area contributed by atoms with E-state index in [2.05, 4.69) is 31.2 Å². The molecule has 3 heterocycles. The number of piperidine rings is 1. The number of aryl methyl sites for hydroxylation is 1. The van der Waals surface area contributed by atoms with Crippen LogP contribution in [-0.4, -0.2) is 96.3 Å². The lowest BCUT2D eigenvalue weighted by Gasteiger charge is -2.27. The minimum Gasteiger partial charge on any atom is -0.495 e. The maximum atomic E-state index is 13.3. The van der Waals surface area contributed by atoms with Gasteiger partial charge in [0.25, 0.3) is 11.8 Å². The molecule has 6 rings (SSSR count). The molecule has 2 aliphatic heterocycles. The second-order valence-electron chi connectivity index (χ2n) is 16.2. The Hall–Kier alpha value is -6.07. The molecule has 0 aliphatic carbocycles. The summed E-state index contributed by atoms with van der Waals surface area (Å²) in [4.78, 5) is 75.2. The largest absolute Gasteiger partial charge is 0.495 e. The molecule has 340 valence electrons. The Bertz CT molecular complexity index is 2530. The molecule has 1 atom stereocenters. The zero-order valence-corrected chi connectivity index (χ0v) is 38.3. The van der Waals surface area contributed by atoms with Crippen molar-refractivity contribution in [2.75, 3.05) is 43.2 Å². The summed E-state index contributed by atoms with van der Waals surface area (Å²) >= 11 is 6.44. The van der Waals surface area contributed by atoms with E-state index in [9.17, 15) is 32.4 Å². The second kappa shape index (κ2) is 21.1. The number of ether oxygens (including phenoxy) is 1. The van der Waals surface area contributed by atoms with Crippen molar-refractivity contribution in [1.29, 1.82) is 0 Å². The van der Waals surface area contributed by atoms with E-state index in [-0.39, 0.29) is 51.6 Å². The first-order valence-electron chi connectivity index (χ1n) is 21.5. The van der Waals surface area contributed by atoms with Gasteiger partial charge in [-0.2, -0.15) is 4.98 Å². The van der Waals surface area contributed by atoms with Gasteiger partial charge in [0.05, 0.1) is 46.0 Å². The van der Waals surface area contributed by atoms with E-state index in [1.807, 2.05) is 26.1 Å². The number of amides is 5. The van der Waals surface area contributed by atoms with Crippen molar-refractivity contribution in [2.24, 2.45) is 0 Å². The molecule has 0 bridgehead atoms. The number of carbonyl (C=O) groups excluding carboxylic acids is 5. The lowest BCUT2D eigenvalue weighted by molar-refractivity contribution is -0.136. The summed E-state index contributed by atoms with van der Waals surface area (Å²) in [6.07, 6.45) is 8.19. The third-order valence-corrected chi connectivity index (χ3v) is 13.9. The van der Waals surface area contributed by atoms with Crippen LogP contribution in [0, 0.1) is 6.92 Å². The first-order valence-corrected chi connectivity index (χ1v) is 23.4. The molecule has 0 saturated carbocycles. The van der Waals surface area contributed by atoms with Crippen molar-refractivity contribution < 1.29 is 37.1 Å². The summed E-state index contributed by atoms with van der Waals surface area (Å²) in [5.74, 6) is -1.02. The highest BCUT2D eigenvalue weighted by Crippen LogP contribution is 2.35. The van der Waals surface area contributed by atoms with Gasteiger partial charge in [-0.3, -0.25) is 34.2 Å². The summed E-state index contributed by atoms with van der Waals surface area (Å²) < 4.78 is 31.7. The SMILES string of the molecule is COc1cc(CCN(C)C(=O)CCCCCCCCNc2cccc3c2C(=O)N(C2CCC(=O)NC2=O)C3=O)c(C)cc1Nc1ncc(Cl)c(Nc2ccccc2S(=O)(=O)C(C)C)n1. The van der Waals surface area contributed by atoms with Crippen molar-refractivity contribution >= 4 is 79.8 Å². The molecule has 1 aromatic heterocycles. The number of para-hydroxylation sites is 1. The molecule has 1 unspecified atom stereocenters. The average molecular weight is 916 g/mol. The first-order chi connectivity index (χ1) is 30.6. The van der Waals surface area contributed by atoms with Crippen LogP contribution in [0.4, 0.5) is 28.8 Å². The average Bonchev–Trinajstić information content (AvgIpc) is 3.52. The van der Waals surface area contributed by atoms with E-state index in [0.29, 0.717) is 48.7 Å². The third kappa shape index (κ3) is 11.0. The van der Waals surface area contributed by atoms with Crippen LogP contribution in [0.25, 0.3) is 0 Å². The highest BCUT2D eigenvalue weighted by atomic mass is 35.5. The summed E-state index contributed by atoms with van der Waals surface area (Å²) in [6, 6.07) is 14.5. The van der Waals surface area contributed by atoms with Crippen molar-refractivity contribution in [1.82, 2.24) is 25.1 Å². The van der Waals surface area contributed by atoms with Gasteiger partial charge in [0.15, 0.2) is 15.7 Å². The van der Waals surface area contributed by atoms with Crippen LogP contribution in [0.1, 0.15) is 103 Å². The van der Waals surface area contributed by atoms with Crippen molar-refractivity contribution in [3.8, 4) is 5.75 Å². The molecule has 18 heteroatoms. The van der Waals surface area contributed by atoms with Gasteiger partial charge in [-0.1, -0.05) is 55.5 Å². The predicted octanol–water partition coefficient (Wildman–Crippen LogP) is 7.36. The highest BCUT2D eigenvalue weighted by molar-refractivity contribution is 7.92. The highest BCUT2D eigenvalue weighted by Gasteiger charge is 2.45. The third-order valence-electron chi connectivity index (χ3n) is 11.5. The van der Waals surface area contributed by atoms with Crippen LogP contribution in [0.3, 0.4) is 0 Å². The molecule has 0 spiro atoms. The minimum atomic E-state index is -3.59. The molecule has 3 aromatic carbocycles. The number of sulfone groups is 1. The zero-order chi connectivity index (χ0) is 46.1. The van der Waals surface area contributed by atoms with Gasteiger partial charge in [-0.05, 0) is 94.0 Å². The maximum Gasteiger partial charge on any atom is 0.264 e. The van der Waals surface area contributed by atoms with Crippen molar-refractivity contribution in [3.63, 3.8) is 0 Å². The molecule has 0 radical (unpaired) electrons. The number of aromatic nitrogens is 2. The molecule has 2 aliphatic rings. The molecule has 1 saturated heterocycles. The topological polar surface area (TPSA) is 209 Å². The lowest BCUT2D eigenvalue weighted by atomic mass is 10.0. The van der Waals surface area contributed by atoms with E-state index in [0.717, 1.165) is 54.6 Å². The van der Waals surface area contributed by atoms with Crippen LogP contribution in [0.15, 0.2) is 65.7 Å². The van der Waals surface area contributed by atoms with E-state index in [1.54, 1.807) is 68.3 Å². The molecule has 1 fully saturated rings. The molecule has 4 N–H and O–H groups in total. The van der Waals surface area contributed by atoms with Gasteiger partial charge < -0.3 is 25.6 Å². The number of rotatable bonds is 21. The fourth-order valence-corrected chi connectivity index (χ4v) is 9.04. The fourth-order valence-electron chi connectivity index (χ4n) is 7.70. The Morgan fingerprint density at radius 3 is 2.41 bits per heavy atom. The van der Waals surface area contributed by atoms with E-state index >= 15 is 0 Å². The smallest absolute Gasteiger partial charge is 0.264 e. The van der Waals surface area contributed by atoms with Gasteiger partial charge >= 0.3 is 0 Å². The predicted molar refractivity (Wildman–Crippen MR) is 245 cm³/mol. The fraction of sp³-hybridized carbons (Fsp3) is 0.413. The number of methoxy groups -OCH3 is 1. The molecular weight excluding hydrogens is 860 g/mol. The molecule has 4 aromatic rings. The number of unbranched alkanes of at least 4 members (excludes halogenated alkanes) is 5. The number of hydrogen-bond acceptors (Lipinski definition) is 13. The Labute approximate surface area is 378 Å². The number of likely N-dealkylation sites (N-methyl/N-ethyl adjacent to an activating group) is 1. The van der Waals surface area contributed by atoms with Gasteiger partial charge in [0.2, 0.25) is 23.7 Å². The number of benzene rings is 3. The van der Waals surface area contributed by atoms with Crippen LogP contribution < -0.4 is 26.0 Å². The van der Waals surface area contributed by atoms with Gasteiger partial charge in [-0.25, -0.2) is 13.4 Å². The van der Waals surface area contributed by atoms with E-state index < -0.39 is 44.8 Å². The van der Waals surface area contributed by atoms with Crippen molar-refractivity contribution in [3.05, 3.63) is 88.1 Å². The summed E-state index contributed by atoms with van der Waals surface area (Å²) in [7, 11) is -0.203. The van der Waals surface area contributed by atoms with Crippen LogP contribution in [0.2, 0.25) is 5.02 Å².